The number of hydrogen-bond donors (Lipinski definition) is 1. The molecule has 0 spiro atoms. The molecular weight excluding hydrogens is 295 g/mol. The van der Waals surface area contributed by atoms with Gasteiger partial charge in [-0.15, -0.1) is 0 Å². The fourth-order valence-corrected chi connectivity index (χ4v) is 2.10. The molecule has 2 rings (SSSR count). The molecule has 1 aromatic heterocycles. The first-order chi connectivity index (χ1) is 9.84. The number of pyridine rings is 1. The third-order valence-corrected chi connectivity index (χ3v) is 3.34. The van der Waals surface area contributed by atoms with Crippen LogP contribution in [0.4, 0.5) is 4.39 Å². The van der Waals surface area contributed by atoms with Crippen LogP contribution in [-0.2, 0) is 15.1 Å². The first kappa shape index (κ1) is 15.4. The average molecular weight is 309 g/mol. The second-order valence-corrected chi connectivity index (χ2v) is 5.15. The smallest absolute Gasteiger partial charge is 0.330 e. The highest BCUT2D eigenvalue weighted by molar-refractivity contribution is 6.29. The van der Waals surface area contributed by atoms with Crippen LogP contribution >= 0.6 is 11.6 Å². The van der Waals surface area contributed by atoms with Gasteiger partial charge in [-0.3, -0.25) is 0 Å². The number of halogens is 2. The largest absolute Gasteiger partial charge is 0.467 e. The number of hydrogen-bond acceptors (Lipinski definition) is 4. The molecule has 0 radical (unpaired) electrons. The summed E-state index contributed by atoms with van der Waals surface area (Å²) in [5, 5.41) is 0.187. The van der Waals surface area contributed by atoms with Crippen molar-refractivity contribution in [2.75, 3.05) is 7.11 Å². The number of nitrogens with zero attached hydrogens (tertiary/aromatic N) is 1. The molecule has 1 aromatic carbocycles. The maximum Gasteiger partial charge on any atom is 0.330 e. The molecule has 1 atom stereocenters. The third kappa shape index (κ3) is 3.20. The number of aromatic nitrogens is 1. The molecule has 0 aliphatic carbocycles. The topological polar surface area (TPSA) is 65.2 Å². The molecule has 2 N–H and O–H groups in total. The van der Waals surface area contributed by atoms with Crippen LogP contribution in [0.5, 0.6) is 0 Å². The van der Waals surface area contributed by atoms with Gasteiger partial charge >= 0.3 is 5.97 Å². The normalized spacial score (nSPS) is 13.6. The minimum atomic E-state index is -1.35. The van der Waals surface area contributed by atoms with E-state index in [1.165, 1.54) is 32.2 Å². The second kappa shape index (κ2) is 5.79. The lowest BCUT2D eigenvalue weighted by atomic mass is 9.93. The molecule has 0 amide bonds. The highest BCUT2D eigenvalue weighted by Gasteiger charge is 2.32. The summed E-state index contributed by atoms with van der Waals surface area (Å²) >= 11 is 5.99. The van der Waals surface area contributed by atoms with E-state index in [1.807, 2.05) is 0 Å². The van der Waals surface area contributed by atoms with Gasteiger partial charge in [-0.2, -0.15) is 0 Å². The number of rotatable bonds is 3. The number of esters is 1. The van der Waals surface area contributed by atoms with Crippen molar-refractivity contribution in [1.29, 1.82) is 0 Å². The summed E-state index contributed by atoms with van der Waals surface area (Å²) in [4.78, 5) is 15.9. The first-order valence-corrected chi connectivity index (χ1v) is 6.53. The van der Waals surface area contributed by atoms with Crippen molar-refractivity contribution >= 4 is 17.6 Å². The SMILES string of the molecule is COC(=O)[C@](C)(N)c1cc(Cl)nc(-c2ccc(F)cc2)c1. The van der Waals surface area contributed by atoms with E-state index in [-0.39, 0.29) is 11.0 Å². The van der Waals surface area contributed by atoms with E-state index < -0.39 is 11.5 Å². The molecule has 21 heavy (non-hydrogen) atoms. The van der Waals surface area contributed by atoms with E-state index >= 15 is 0 Å². The number of nitrogens with two attached hydrogens (primary N) is 1. The van der Waals surface area contributed by atoms with Crippen LogP contribution in [0, 0.1) is 5.82 Å². The fraction of sp³-hybridized carbons (Fsp3) is 0.200. The van der Waals surface area contributed by atoms with Gasteiger partial charge in [0.2, 0.25) is 0 Å². The Labute approximate surface area is 126 Å². The van der Waals surface area contributed by atoms with Crippen molar-refractivity contribution in [1.82, 2.24) is 4.98 Å². The molecule has 1 heterocycles. The Kier molecular flexibility index (Phi) is 4.25. The lowest BCUT2D eigenvalue weighted by Gasteiger charge is -2.22. The van der Waals surface area contributed by atoms with E-state index in [0.717, 1.165) is 0 Å². The van der Waals surface area contributed by atoms with Gasteiger partial charge in [-0.05, 0) is 48.9 Å². The number of carbonyl (C=O) groups excluding carboxylic acids is 1. The van der Waals surface area contributed by atoms with Gasteiger partial charge in [0.15, 0.2) is 0 Å². The van der Waals surface area contributed by atoms with Crippen molar-refractivity contribution < 1.29 is 13.9 Å². The summed E-state index contributed by atoms with van der Waals surface area (Å²) < 4.78 is 17.7. The van der Waals surface area contributed by atoms with Gasteiger partial charge in [0.1, 0.15) is 16.5 Å². The molecule has 110 valence electrons. The Bertz CT molecular complexity index is 672. The maximum atomic E-state index is 13.0. The van der Waals surface area contributed by atoms with Crippen molar-refractivity contribution in [3.8, 4) is 11.3 Å². The summed E-state index contributed by atoms with van der Waals surface area (Å²) in [6, 6.07) is 8.92. The predicted molar refractivity (Wildman–Crippen MR) is 78.2 cm³/mol. The molecule has 0 unspecified atom stereocenters. The molecule has 0 aliphatic heterocycles. The zero-order valence-electron chi connectivity index (χ0n) is 11.6. The van der Waals surface area contributed by atoms with Crippen LogP contribution < -0.4 is 5.73 Å². The maximum absolute atomic E-state index is 13.0. The van der Waals surface area contributed by atoms with Gasteiger partial charge in [0.05, 0.1) is 12.8 Å². The monoisotopic (exact) mass is 308 g/mol. The minimum Gasteiger partial charge on any atom is -0.467 e. The summed E-state index contributed by atoms with van der Waals surface area (Å²) in [5.74, 6) is -0.936. The van der Waals surface area contributed by atoms with Crippen LogP contribution in [0.1, 0.15) is 12.5 Å². The van der Waals surface area contributed by atoms with Crippen molar-refractivity contribution in [2.45, 2.75) is 12.5 Å². The highest BCUT2D eigenvalue weighted by atomic mass is 35.5. The molecular formula is C15H14ClFN2O2. The van der Waals surface area contributed by atoms with E-state index in [1.54, 1.807) is 18.2 Å². The number of carbonyl (C=O) groups is 1. The zero-order valence-corrected chi connectivity index (χ0v) is 12.3. The zero-order chi connectivity index (χ0) is 15.6. The van der Waals surface area contributed by atoms with Gasteiger partial charge in [0.25, 0.3) is 0 Å². The fourth-order valence-electron chi connectivity index (χ4n) is 1.90. The van der Waals surface area contributed by atoms with E-state index in [4.69, 9.17) is 22.1 Å². The average Bonchev–Trinajstić information content (AvgIpc) is 2.46. The molecule has 0 bridgehead atoms. The van der Waals surface area contributed by atoms with Crippen molar-refractivity contribution in [2.24, 2.45) is 5.73 Å². The molecule has 0 saturated heterocycles. The number of methoxy groups -OCH3 is 1. The van der Waals surface area contributed by atoms with Crippen molar-refractivity contribution in [3.05, 3.63) is 52.9 Å². The van der Waals surface area contributed by atoms with Crippen LogP contribution in [0.3, 0.4) is 0 Å². The Hall–Kier alpha value is -1.98. The third-order valence-electron chi connectivity index (χ3n) is 3.14. The molecule has 0 fully saturated rings. The summed E-state index contributed by atoms with van der Waals surface area (Å²) in [6.45, 7) is 1.53. The van der Waals surface area contributed by atoms with Gasteiger partial charge in [-0.1, -0.05) is 11.6 Å². The molecule has 2 aromatic rings. The molecule has 0 aliphatic rings. The van der Waals surface area contributed by atoms with Gasteiger partial charge in [-0.25, -0.2) is 14.2 Å². The quantitative estimate of drug-likeness (QED) is 0.699. The summed E-state index contributed by atoms with van der Waals surface area (Å²) in [6.07, 6.45) is 0. The van der Waals surface area contributed by atoms with Gasteiger partial charge in [0, 0.05) is 5.56 Å². The van der Waals surface area contributed by atoms with Gasteiger partial charge < -0.3 is 10.5 Å². The summed E-state index contributed by atoms with van der Waals surface area (Å²) in [7, 11) is 1.26. The number of ether oxygens (including phenoxy) is 1. The molecule has 6 heteroatoms. The standard InChI is InChI=1S/C15H14ClFN2O2/c1-15(18,14(20)21-2)10-7-12(19-13(16)8-10)9-3-5-11(17)6-4-9/h3-8H,18H2,1-2H3/t15-/m1/s1. The minimum absolute atomic E-state index is 0.187. The van der Waals surface area contributed by atoms with E-state index in [9.17, 15) is 9.18 Å². The first-order valence-electron chi connectivity index (χ1n) is 6.16. The molecule has 0 saturated carbocycles. The Balaban J connectivity index is 2.51. The lowest BCUT2D eigenvalue weighted by molar-refractivity contribution is -0.146. The highest BCUT2D eigenvalue weighted by Crippen LogP contribution is 2.27. The van der Waals surface area contributed by atoms with Crippen LogP contribution in [0.15, 0.2) is 36.4 Å². The van der Waals surface area contributed by atoms with E-state index in [0.29, 0.717) is 16.8 Å². The number of benzene rings is 1. The molecule has 4 nitrogen and oxygen atoms in total. The Morgan fingerprint density at radius 1 is 1.33 bits per heavy atom. The predicted octanol–water partition coefficient (Wildman–Crippen LogP) is 2.89. The summed E-state index contributed by atoms with van der Waals surface area (Å²) in [5.41, 5.74) is 6.29. The lowest BCUT2D eigenvalue weighted by Crippen LogP contribution is -2.42. The van der Waals surface area contributed by atoms with Crippen molar-refractivity contribution in [3.63, 3.8) is 0 Å². The Morgan fingerprint density at radius 2 is 1.95 bits per heavy atom. The van der Waals surface area contributed by atoms with E-state index in [2.05, 4.69) is 4.98 Å². The second-order valence-electron chi connectivity index (χ2n) is 4.76. The van der Waals surface area contributed by atoms with Crippen LogP contribution in [0.25, 0.3) is 11.3 Å². The van der Waals surface area contributed by atoms with Crippen LogP contribution in [-0.4, -0.2) is 18.1 Å². The van der Waals surface area contributed by atoms with Crippen LogP contribution in [0.2, 0.25) is 5.15 Å². The Morgan fingerprint density at radius 3 is 2.52 bits per heavy atom.